The van der Waals surface area contributed by atoms with Crippen LogP contribution in [0.4, 0.5) is 4.79 Å². The van der Waals surface area contributed by atoms with Gasteiger partial charge in [0.05, 0.1) is 13.1 Å². The number of carbonyl (C=O) groups is 1. The minimum Gasteiger partial charge on any atom is -0.492 e. The van der Waals surface area contributed by atoms with Crippen molar-refractivity contribution in [3.05, 3.63) is 30.3 Å². The molecule has 15 heavy (non-hydrogen) atoms. The third-order valence-electron chi connectivity index (χ3n) is 2.22. The van der Waals surface area contributed by atoms with E-state index in [1.54, 1.807) is 4.90 Å². The molecule has 4 heteroatoms. The van der Waals surface area contributed by atoms with Crippen LogP contribution in [-0.2, 0) is 4.74 Å². The Bertz CT molecular complexity index is 326. The zero-order valence-corrected chi connectivity index (χ0v) is 8.39. The quantitative estimate of drug-likeness (QED) is 0.751. The van der Waals surface area contributed by atoms with Crippen LogP contribution >= 0.6 is 0 Å². The van der Waals surface area contributed by atoms with E-state index in [2.05, 4.69) is 0 Å². The summed E-state index contributed by atoms with van der Waals surface area (Å²) < 4.78 is 10.3. The third-order valence-corrected chi connectivity index (χ3v) is 2.22. The van der Waals surface area contributed by atoms with Crippen molar-refractivity contribution < 1.29 is 14.3 Å². The average Bonchev–Trinajstić information content (AvgIpc) is 2.66. The first-order chi connectivity index (χ1) is 7.36. The van der Waals surface area contributed by atoms with Crippen LogP contribution in [0.5, 0.6) is 5.75 Å². The van der Waals surface area contributed by atoms with Gasteiger partial charge in [-0.05, 0) is 12.1 Å². The number of rotatable bonds is 4. The van der Waals surface area contributed by atoms with Crippen molar-refractivity contribution in [1.29, 1.82) is 0 Å². The molecule has 0 aromatic heterocycles. The first kappa shape index (κ1) is 9.83. The predicted octanol–water partition coefficient (Wildman–Crippen LogP) is 1.52. The van der Waals surface area contributed by atoms with Crippen LogP contribution in [0.3, 0.4) is 0 Å². The largest absolute Gasteiger partial charge is 0.492 e. The number of cyclic esters (lactones) is 1. The third kappa shape index (κ3) is 2.62. The van der Waals surface area contributed by atoms with E-state index >= 15 is 0 Å². The molecule has 1 amide bonds. The van der Waals surface area contributed by atoms with E-state index in [0.717, 1.165) is 5.75 Å². The summed E-state index contributed by atoms with van der Waals surface area (Å²) in [6, 6.07) is 9.55. The summed E-state index contributed by atoms with van der Waals surface area (Å²) >= 11 is 0. The standard InChI is InChI=1S/C11H13NO3/c13-11-12(7-9-15-11)6-8-14-10-4-2-1-3-5-10/h1-5H,6-9H2. The molecule has 1 aliphatic heterocycles. The van der Waals surface area contributed by atoms with E-state index in [4.69, 9.17) is 9.47 Å². The maximum absolute atomic E-state index is 11.1. The molecular formula is C11H13NO3. The summed E-state index contributed by atoms with van der Waals surface area (Å²) in [6.07, 6.45) is -0.244. The minimum absolute atomic E-state index is 0.244. The number of carbonyl (C=O) groups excluding carboxylic acids is 1. The molecule has 0 atom stereocenters. The van der Waals surface area contributed by atoms with E-state index < -0.39 is 0 Å². The topological polar surface area (TPSA) is 38.8 Å². The Morgan fingerprint density at radius 2 is 2.13 bits per heavy atom. The zero-order valence-electron chi connectivity index (χ0n) is 8.39. The Labute approximate surface area is 88.4 Å². The lowest BCUT2D eigenvalue weighted by Crippen LogP contribution is -2.29. The Morgan fingerprint density at radius 3 is 2.80 bits per heavy atom. The average molecular weight is 207 g/mol. The first-order valence-corrected chi connectivity index (χ1v) is 4.96. The number of ether oxygens (including phenoxy) is 2. The van der Waals surface area contributed by atoms with Crippen LogP contribution in [0.2, 0.25) is 0 Å². The fraction of sp³-hybridized carbons (Fsp3) is 0.364. The molecule has 0 saturated carbocycles. The SMILES string of the molecule is O=C1OCCN1CCOc1ccccc1. The van der Waals surface area contributed by atoms with Crippen molar-refractivity contribution in [2.75, 3.05) is 26.3 Å². The molecular weight excluding hydrogens is 194 g/mol. The second kappa shape index (κ2) is 4.68. The van der Waals surface area contributed by atoms with Crippen molar-refractivity contribution in [3.8, 4) is 5.75 Å². The van der Waals surface area contributed by atoms with E-state index in [1.807, 2.05) is 30.3 Å². The monoisotopic (exact) mass is 207 g/mol. The smallest absolute Gasteiger partial charge is 0.410 e. The second-order valence-electron chi connectivity index (χ2n) is 3.26. The van der Waals surface area contributed by atoms with Crippen molar-refractivity contribution in [2.45, 2.75) is 0 Å². The maximum atomic E-state index is 11.1. The van der Waals surface area contributed by atoms with Crippen LogP contribution in [0.1, 0.15) is 0 Å². The number of hydrogen-bond donors (Lipinski definition) is 0. The molecule has 1 aliphatic rings. The normalized spacial score (nSPS) is 15.2. The lowest BCUT2D eigenvalue weighted by atomic mass is 10.3. The Balaban J connectivity index is 1.73. The van der Waals surface area contributed by atoms with E-state index in [-0.39, 0.29) is 6.09 Å². The summed E-state index contributed by atoms with van der Waals surface area (Å²) in [5.74, 6) is 0.824. The summed E-state index contributed by atoms with van der Waals surface area (Å²) in [6.45, 7) is 2.23. The van der Waals surface area contributed by atoms with Crippen molar-refractivity contribution >= 4 is 6.09 Å². The van der Waals surface area contributed by atoms with Gasteiger partial charge in [0.25, 0.3) is 0 Å². The zero-order chi connectivity index (χ0) is 10.5. The molecule has 80 valence electrons. The number of amides is 1. The van der Waals surface area contributed by atoms with Crippen molar-refractivity contribution in [2.24, 2.45) is 0 Å². The summed E-state index contributed by atoms with van der Waals surface area (Å²) in [5, 5.41) is 0. The van der Waals surface area contributed by atoms with Gasteiger partial charge in [0, 0.05) is 0 Å². The van der Waals surface area contributed by atoms with Gasteiger partial charge in [-0.1, -0.05) is 18.2 Å². The molecule has 4 nitrogen and oxygen atoms in total. The fourth-order valence-corrected chi connectivity index (χ4v) is 1.42. The first-order valence-electron chi connectivity index (χ1n) is 4.96. The highest BCUT2D eigenvalue weighted by molar-refractivity contribution is 5.69. The Kier molecular flexibility index (Phi) is 3.07. The molecule has 0 bridgehead atoms. The van der Waals surface area contributed by atoms with E-state index in [1.165, 1.54) is 0 Å². The Hall–Kier alpha value is -1.71. The van der Waals surface area contributed by atoms with Crippen LogP contribution < -0.4 is 4.74 Å². The maximum Gasteiger partial charge on any atom is 0.410 e. The van der Waals surface area contributed by atoms with Crippen molar-refractivity contribution in [1.82, 2.24) is 4.90 Å². The van der Waals surface area contributed by atoms with Gasteiger partial charge in [-0.25, -0.2) is 4.79 Å². The van der Waals surface area contributed by atoms with Gasteiger partial charge in [-0.2, -0.15) is 0 Å². The summed E-state index contributed by atoms with van der Waals surface area (Å²) in [5.41, 5.74) is 0. The van der Waals surface area contributed by atoms with Gasteiger partial charge in [-0.3, -0.25) is 0 Å². The number of nitrogens with zero attached hydrogens (tertiary/aromatic N) is 1. The van der Waals surface area contributed by atoms with Crippen LogP contribution in [0.25, 0.3) is 0 Å². The summed E-state index contributed by atoms with van der Waals surface area (Å²) in [4.78, 5) is 12.7. The van der Waals surface area contributed by atoms with Gasteiger partial charge in [-0.15, -0.1) is 0 Å². The lowest BCUT2D eigenvalue weighted by molar-refractivity contribution is 0.153. The predicted molar refractivity (Wildman–Crippen MR) is 54.9 cm³/mol. The van der Waals surface area contributed by atoms with Gasteiger partial charge in [0.1, 0.15) is 19.0 Å². The van der Waals surface area contributed by atoms with Gasteiger partial charge in [0.2, 0.25) is 0 Å². The molecule has 0 unspecified atom stereocenters. The highest BCUT2D eigenvalue weighted by atomic mass is 16.6. The van der Waals surface area contributed by atoms with Gasteiger partial charge >= 0.3 is 6.09 Å². The van der Waals surface area contributed by atoms with Crippen LogP contribution in [0.15, 0.2) is 30.3 Å². The van der Waals surface area contributed by atoms with Crippen molar-refractivity contribution in [3.63, 3.8) is 0 Å². The highest BCUT2D eigenvalue weighted by Gasteiger charge is 2.20. The van der Waals surface area contributed by atoms with E-state index in [9.17, 15) is 4.79 Å². The van der Waals surface area contributed by atoms with Crippen LogP contribution in [-0.4, -0.2) is 37.3 Å². The fourth-order valence-electron chi connectivity index (χ4n) is 1.42. The number of para-hydroxylation sites is 1. The highest BCUT2D eigenvalue weighted by Crippen LogP contribution is 2.08. The number of benzene rings is 1. The van der Waals surface area contributed by atoms with Gasteiger partial charge < -0.3 is 14.4 Å². The number of hydrogen-bond acceptors (Lipinski definition) is 3. The Morgan fingerprint density at radius 1 is 1.33 bits per heavy atom. The van der Waals surface area contributed by atoms with Crippen LogP contribution in [0, 0.1) is 0 Å². The summed E-state index contributed by atoms with van der Waals surface area (Å²) in [7, 11) is 0. The minimum atomic E-state index is -0.244. The van der Waals surface area contributed by atoms with E-state index in [0.29, 0.717) is 26.3 Å². The molecule has 2 rings (SSSR count). The molecule has 1 saturated heterocycles. The molecule has 0 aliphatic carbocycles. The lowest BCUT2D eigenvalue weighted by Gasteiger charge is -2.12. The molecule has 1 fully saturated rings. The molecule has 0 N–H and O–H groups in total. The van der Waals surface area contributed by atoms with Gasteiger partial charge in [0.15, 0.2) is 0 Å². The molecule has 0 radical (unpaired) electrons. The molecule has 1 heterocycles. The molecule has 1 aromatic carbocycles. The molecule has 0 spiro atoms. The second-order valence-corrected chi connectivity index (χ2v) is 3.26. The molecule has 1 aromatic rings.